The van der Waals surface area contributed by atoms with E-state index in [-0.39, 0.29) is 11.8 Å². The SMILES string of the molecule is COc1cccc(NC(=O)CCc2ccc3c(c2)CN(C(C)=O)CCO3)c1. The number of hydrogen-bond acceptors (Lipinski definition) is 4. The van der Waals surface area contributed by atoms with Crippen LogP contribution in [0.5, 0.6) is 11.5 Å². The first-order valence-electron chi connectivity index (χ1n) is 8.99. The summed E-state index contributed by atoms with van der Waals surface area (Å²) >= 11 is 0. The Balaban J connectivity index is 1.61. The summed E-state index contributed by atoms with van der Waals surface area (Å²) < 4.78 is 10.9. The molecule has 2 aromatic carbocycles. The Morgan fingerprint density at radius 2 is 2.07 bits per heavy atom. The first-order valence-corrected chi connectivity index (χ1v) is 8.99. The average molecular weight is 368 g/mol. The maximum atomic E-state index is 12.2. The van der Waals surface area contributed by atoms with Gasteiger partial charge in [-0.15, -0.1) is 0 Å². The topological polar surface area (TPSA) is 67.9 Å². The van der Waals surface area contributed by atoms with E-state index in [4.69, 9.17) is 9.47 Å². The van der Waals surface area contributed by atoms with Crippen LogP contribution >= 0.6 is 0 Å². The number of nitrogens with zero attached hydrogens (tertiary/aromatic N) is 1. The quantitative estimate of drug-likeness (QED) is 0.881. The Labute approximate surface area is 159 Å². The van der Waals surface area contributed by atoms with Crippen molar-refractivity contribution in [3.05, 3.63) is 53.6 Å². The largest absolute Gasteiger partial charge is 0.497 e. The number of rotatable bonds is 5. The van der Waals surface area contributed by atoms with E-state index < -0.39 is 0 Å². The second-order valence-corrected chi connectivity index (χ2v) is 6.51. The van der Waals surface area contributed by atoms with Crippen molar-refractivity contribution in [2.24, 2.45) is 0 Å². The van der Waals surface area contributed by atoms with Crippen molar-refractivity contribution in [2.45, 2.75) is 26.3 Å². The van der Waals surface area contributed by atoms with Crippen molar-refractivity contribution in [2.75, 3.05) is 25.6 Å². The molecule has 2 aromatic rings. The maximum absolute atomic E-state index is 12.2. The molecule has 0 saturated carbocycles. The van der Waals surface area contributed by atoms with Gasteiger partial charge in [0, 0.05) is 37.2 Å². The molecule has 6 nitrogen and oxygen atoms in total. The first kappa shape index (κ1) is 18.8. The highest BCUT2D eigenvalue weighted by Gasteiger charge is 2.17. The van der Waals surface area contributed by atoms with E-state index in [1.54, 1.807) is 25.0 Å². The van der Waals surface area contributed by atoms with E-state index in [2.05, 4.69) is 5.32 Å². The maximum Gasteiger partial charge on any atom is 0.224 e. The predicted molar refractivity (Wildman–Crippen MR) is 103 cm³/mol. The Bertz CT molecular complexity index is 835. The van der Waals surface area contributed by atoms with Crippen molar-refractivity contribution < 1.29 is 19.1 Å². The van der Waals surface area contributed by atoms with Crippen LogP contribution in [0.25, 0.3) is 0 Å². The normalized spacial score (nSPS) is 13.2. The fourth-order valence-corrected chi connectivity index (χ4v) is 3.05. The summed E-state index contributed by atoms with van der Waals surface area (Å²) in [5, 5.41) is 2.88. The molecule has 0 unspecified atom stereocenters. The summed E-state index contributed by atoms with van der Waals surface area (Å²) in [7, 11) is 1.59. The van der Waals surface area contributed by atoms with Crippen molar-refractivity contribution in [1.29, 1.82) is 0 Å². The molecule has 1 heterocycles. The molecule has 1 aliphatic rings. The lowest BCUT2D eigenvalue weighted by atomic mass is 10.0. The molecular formula is C21H24N2O4. The monoisotopic (exact) mass is 368 g/mol. The van der Waals surface area contributed by atoms with Crippen LogP contribution in [0, 0.1) is 0 Å². The number of ether oxygens (including phenoxy) is 2. The van der Waals surface area contributed by atoms with Gasteiger partial charge >= 0.3 is 0 Å². The number of benzene rings is 2. The Morgan fingerprint density at radius 1 is 1.22 bits per heavy atom. The zero-order valence-corrected chi connectivity index (χ0v) is 15.7. The van der Waals surface area contributed by atoms with Crippen LogP contribution < -0.4 is 14.8 Å². The van der Waals surface area contributed by atoms with Gasteiger partial charge in [-0.1, -0.05) is 18.2 Å². The second kappa shape index (κ2) is 8.58. The zero-order chi connectivity index (χ0) is 19.2. The van der Waals surface area contributed by atoms with E-state index in [9.17, 15) is 9.59 Å². The molecule has 27 heavy (non-hydrogen) atoms. The van der Waals surface area contributed by atoms with Crippen LogP contribution in [-0.2, 0) is 22.6 Å². The zero-order valence-electron chi connectivity index (χ0n) is 15.7. The van der Waals surface area contributed by atoms with Crippen LogP contribution in [0.4, 0.5) is 5.69 Å². The van der Waals surface area contributed by atoms with E-state index in [1.807, 2.05) is 36.4 Å². The van der Waals surface area contributed by atoms with Crippen molar-refractivity contribution >= 4 is 17.5 Å². The van der Waals surface area contributed by atoms with Crippen molar-refractivity contribution in [3.8, 4) is 11.5 Å². The Morgan fingerprint density at radius 3 is 2.85 bits per heavy atom. The lowest BCUT2D eigenvalue weighted by molar-refractivity contribution is -0.129. The minimum Gasteiger partial charge on any atom is -0.497 e. The Hall–Kier alpha value is -3.02. The summed E-state index contributed by atoms with van der Waals surface area (Å²) in [6.07, 6.45) is 0.983. The summed E-state index contributed by atoms with van der Waals surface area (Å²) in [5.41, 5.74) is 2.74. The number of amides is 2. The molecule has 0 aliphatic carbocycles. The van der Waals surface area contributed by atoms with Crippen LogP contribution in [0.3, 0.4) is 0 Å². The smallest absolute Gasteiger partial charge is 0.224 e. The van der Waals surface area contributed by atoms with Gasteiger partial charge in [-0.3, -0.25) is 9.59 Å². The highest BCUT2D eigenvalue weighted by atomic mass is 16.5. The predicted octanol–water partition coefficient (Wildman–Crippen LogP) is 3.01. The fraction of sp³-hybridized carbons (Fsp3) is 0.333. The van der Waals surface area contributed by atoms with Gasteiger partial charge in [0.25, 0.3) is 0 Å². The number of carbonyl (C=O) groups excluding carboxylic acids is 2. The minimum absolute atomic E-state index is 0.0366. The van der Waals surface area contributed by atoms with E-state index >= 15 is 0 Å². The lowest BCUT2D eigenvalue weighted by Crippen LogP contribution is -2.30. The molecule has 0 radical (unpaired) electrons. The van der Waals surface area contributed by atoms with Gasteiger partial charge in [-0.25, -0.2) is 0 Å². The number of anilines is 1. The van der Waals surface area contributed by atoms with Gasteiger partial charge in [0.1, 0.15) is 18.1 Å². The number of hydrogen-bond donors (Lipinski definition) is 1. The number of nitrogens with one attached hydrogen (secondary N) is 1. The van der Waals surface area contributed by atoms with Crippen molar-refractivity contribution in [3.63, 3.8) is 0 Å². The number of aryl methyl sites for hydroxylation is 1. The molecule has 0 spiro atoms. The summed E-state index contributed by atoms with van der Waals surface area (Å²) in [6, 6.07) is 13.2. The molecule has 2 amide bonds. The van der Waals surface area contributed by atoms with Crippen LogP contribution in [-0.4, -0.2) is 37.0 Å². The number of methoxy groups -OCH3 is 1. The molecule has 0 aromatic heterocycles. The molecule has 1 aliphatic heterocycles. The molecule has 0 bridgehead atoms. The van der Waals surface area contributed by atoms with Gasteiger partial charge in [-0.05, 0) is 30.2 Å². The van der Waals surface area contributed by atoms with Gasteiger partial charge in [0.2, 0.25) is 11.8 Å². The summed E-state index contributed by atoms with van der Waals surface area (Å²) in [6.45, 7) is 3.18. The third-order valence-electron chi connectivity index (χ3n) is 4.54. The van der Waals surface area contributed by atoms with Crippen molar-refractivity contribution in [1.82, 2.24) is 4.90 Å². The average Bonchev–Trinajstić information content (AvgIpc) is 2.88. The Kier molecular flexibility index (Phi) is 5.96. The van der Waals surface area contributed by atoms with Crippen LogP contribution in [0.1, 0.15) is 24.5 Å². The number of fused-ring (bicyclic) bond motifs is 1. The molecular weight excluding hydrogens is 344 g/mol. The van der Waals surface area contributed by atoms with Crippen LogP contribution in [0.15, 0.2) is 42.5 Å². The second-order valence-electron chi connectivity index (χ2n) is 6.51. The van der Waals surface area contributed by atoms with E-state index in [1.165, 1.54) is 0 Å². The van der Waals surface area contributed by atoms with Gasteiger partial charge in [-0.2, -0.15) is 0 Å². The summed E-state index contributed by atoms with van der Waals surface area (Å²) in [4.78, 5) is 25.7. The third-order valence-corrected chi connectivity index (χ3v) is 4.54. The molecule has 0 atom stereocenters. The highest BCUT2D eigenvalue weighted by molar-refractivity contribution is 5.91. The lowest BCUT2D eigenvalue weighted by Gasteiger charge is -2.17. The van der Waals surface area contributed by atoms with E-state index in [0.717, 1.165) is 16.9 Å². The minimum atomic E-state index is -0.0557. The van der Waals surface area contributed by atoms with Gasteiger partial charge in [0.15, 0.2) is 0 Å². The third kappa shape index (κ3) is 5.00. The molecule has 6 heteroatoms. The molecule has 0 saturated heterocycles. The standard InChI is InChI=1S/C21H24N2O4/c1-15(24)23-10-11-27-20-8-6-16(12-17(20)14-23)7-9-21(25)22-18-4-3-5-19(13-18)26-2/h3-6,8,12-13H,7,9-11,14H2,1-2H3,(H,22,25). The highest BCUT2D eigenvalue weighted by Crippen LogP contribution is 2.25. The molecule has 3 rings (SSSR count). The first-order chi connectivity index (χ1) is 13.0. The number of carbonyl (C=O) groups is 2. The van der Waals surface area contributed by atoms with Gasteiger partial charge < -0.3 is 19.7 Å². The van der Waals surface area contributed by atoms with E-state index in [0.29, 0.717) is 44.0 Å². The van der Waals surface area contributed by atoms with Crippen LogP contribution in [0.2, 0.25) is 0 Å². The molecule has 0 fully saturated rings. The van der Waals surface area contributed by atoms with Gasteiger partial charge in [0.05, 0.1) is 13.7 Å². The summed E-state index contributed by atoms with van der Waals surface area (Å²) in [5.74, 6) is 1.49. The molecule has 142 valence electrons. The molecule has 1 N–H and O–H groups in total. The fourth-order valence-electron chi connectivity index (χ4n) is 3.05.